The number of nitrogen functional groups attached to an aromatic ring is 1. The Morgan fingerprint density at radius 2 is 1.76 bits per heavy atom. The highest BCUT2D eigenvalue weighted by Gasteiger charge is 2.27. The molecule has 0 bridgehead atoms. The van der Waals surface area contributed by atoms with E-state index in [1.807, 2.05) is 18.3 Å². The molecule has 2 aromatic heterocycles. The van der Waals surface area contributed by atoms with Gasteiger partial charge in [0.2, 0.25) is 5.95 Å². The van der Waals surface area contributed by atoms with Gasteiger partial charge in [0.15, 0.2) is 5.82 Å². The van der Waals surface area contributed by atoms with Crippen LogP contribution in [-0.2, 0) is 0 Å². The van der Waals surface area contributed by atoms with Crippen LogP contribution < -0.4 is 10.6 Å². The van der Waals surface area contributed by atoms with Crippen molar-refractivity contribution in [2.75, 3.05) is 36.8 Å². The summed E-state index contributed by atoms with van der Waals surface area (Å²) in [6.07, 6.45) is 11.5. The first-order chi connectivity index (χ1) is 12.3. The summed E-state index contributed by atoms with van der Waals surface area (Å²) in [5.41, 5.74) is 5.97. The zero-order chi connectivity index (χ0) is 17.1. The predicted molar refractivity (Wildman–Crippen MR) is 98.8 cm³/mol. The topological polar surface area (TPSA) is 76.1 Å². The lowest BCUT2D eigenvalue weighted by atomic mass is 10.0. The van der Waals surface area contributed by atoms with Gasteiger partial charge in [0.1, 0.15) is 5.82 Å². The SMILES string of the molecule is Nc1nc(N2CCCC(N3CCCCCC3)C2)cc(-n2cccn2)n1. The molecule has 1 unspecified atom stereocenters. The van der Waals surface area contributed by atoms with E-state index in [0.717, 1.165) is 24.7 Å². The molecule has 1 atom stereocenters. The van der Waals surface area contributed by atoms with Gasteiger partial charge in [-0.15, -0.1) is 0 Å². The Hall–Kier alpha value is -2.15. The van der Waals surface area contributed by atoms with Gasteiger partial charge in [-0.25, -0.2) is 4.68 Å². The minimum absolute atomic E-state index is 0.305. The van der Waals surface area contributed by atoms with E-state index in [0.29, 0.717) is 12.0 Å². The second-order valence-corrected chi connectivity index (χ2v) is 7.09. The molecule has 2 aromatic rings. The van der Waals surface area contributed by atoms with Gasteiger partial charge < -0.3 is 10.6 Å². The fraction of sp³-hybridized carbons (Fsp3) is 0.611. The van der Waals surface area contributed by atoms with Crippen LogP contribution in [0.3, 0.4) is 0 Å². The van der Waals surface area contributed by atoms with Crippen LogP contribution >= 0.6 is 0 Å². The zero-order valence-corrected chi connectivity index (χ0v) is 14.7. The van der Waals surface area contributed by atoms with Gasteiger partial charge in [-0.3, -0.25) is 4.90 Å². The lowest BCUT2D eigenvalue weighted by Gasteiger charge is -2.39. The molecule has 2 fully saturated rings. The van der Waals surface area contributed by atoms with Crippen LogP contribution in [0, 0.1) is 0 Å². The molecule has 0 radical (unpaired) electrons. The highest BCUT2D eigenvalue weighted by molar-refractivity contribution is 5.48. The smallest absolute Gasteiger partial charge is 0.224 e. The number of likely N-dealkylation sites (tertiary alicyclic amines) is 1. The van der Waals surface area contributed by atoms with Crippen molar-refractivity contribution in [3.63, 3.8) is 0 Å². The highest BCUT2D eigenvalue weighted by atomic mass is 15.3. The van der Waals surface area contributed by atoms with Crippen molar-refractivity contribution in [2.45, 2.75) is 44.6 Å². The molecule has 25 heavy (non-hydrogen) atoms. The van der Waals surface area contributed by atoms with Crippen molar-refractivity contribution in [3.8, 4) is 5.82 Å². The number of aromatic nitrogens is 4. The molecule has 0 saturated carbocycles. The first kappa shape index (κ1) is 16.3. The Morgan fingerprint density at radius 1 is 0.960 bits per heavy atom. The highest BCUT2D eigenvalue weighted by Crippen LogP contribution is 2.24. The maximum Gasteiger partial charge on any atom is 0.224 e. The van der Waals surface area contributed by atoms with Crippen LogP contribution in [0.25, 0.3) is 5.82 Å². The summed E-state index contributed by atoms with van der Waals surface area (Å²) < 4.78 is 1.73. The summed E-state index contributed by atoms with van der Waals surface area (Å²) in [6.45, 7) is 4.53. The Bertz CT molecular complexity index is 677. The van der Waals surface area contributed by atoms with Crippen LogP contribution in [0.4, 0.5) is 11.8 Å². The predicted octanol–water partition coefficient (Wildman–Crippen LogP) is 2.09. The largest absolute Gasteiger partial charge is 0.368 e. The molecule has 2 aliphatic heterocycles. The lowest BCUT2D eigenvalue weighted by Crippen LogP contribution is -2.48. The van der Waals surface area contributed by atoms with Crippen molar-refractivity contribution >= 4 is 11.8 Å². The lowest BCUT2D eigenvalue weighted by molar-refractivity contribution is 0.182. The van der Waals surface area contributed by atoms with E-state index < -0.39 is 0 Å². The van der Waals surface area contributed by atoms with Crippen LogP contribution in [0.2, 0.25) is 0 Å². The summed E-state index contributed by atoms with van der Waals surface area (Å²) in [4.78, 5) is 13.9. The number of hydrogen-bond acceptors (Lipinski definition) is 6. The van der Waals surface area contributed by atoms with Crippen molar-refractivity contribution in [1.29, 1.82) is 0 Å². The molecule has 2 aliphatic rings. The number of nitrogens with two attached hydrogens (primary N) is 1. The molecule has 2 N–H and O–H groups in total. The van der Waals surface area contributed by atoms with Gasteiger partial charge in [0, 0.05) is 37.6 Å². The monoisotopic (exact) mass is 341 g/mol. The fourth-order valence-corrected chi connectivity index (χ4v) is 4.04. The fourth-order valence-electron chi connectivity index (χ4n) is 4.04. The van der Waals surface area contributed by atoms with Crippen molar-refractivity contribution in [1.82, 2.24) is 24.6 Å². The Morgan fingerprint density at radius 3 is 2.52 bits per heavy atom. The van der Waals surface area contributed by atoms with E-state index in [1.165, 1.54) is 51.6 Å². The standard InChI is InChI=1S/C18H27N7/c19-18-21-16(13-17(22-18)25-12-6-8-20-25)24-11-5-7-15(14-24)23-9-3-1-2-4-10-23/h6,8,12-13,15H,1-5,7,9-11,14H2,(H2,19,21,22). The quantitative estimate of drug-likeness (QED) is 0.921. The Kier molecular flexibility index (Phi) is 4.83. The van der Waals surface area contributed by atoms with Gasteiger partial charge in [0.05, 0.1) is 0 Å². The number of piperidine rings is 1. The second kappa shape index (κ2) is 7.39. The van der Waals surface area contributed by atoms with Gasteiger partial charge in [-0.05, 0) is 44.8 Å². The van der Waals surface area contributed by atoms with Gasteiger partial charge in [0.25, 0.3) is 0 Å². The van der Waals surface area contributed by atoms with E-state index >= 15 is 0 Å². The first-order valence-electron chi connectivity index (χ1n) is 9.43. The molecular weight excluding hydrogens is 314 g/mol. The third kappa shape index (κ3) is 3.76. The maximum absolute atomic E-state index is 5.97. The zero-order valence-electron chi connectivity index (χ0n) is 14.7. The molecule has 4 heterocycles. The number of anilines is 2. The average Bonchev–Trinajstić information content (AvgIpc) is 3.04. The minimum atomic E-state index is 0.305. The van der Waals surface area contributed by atoms with E-state index in [9.17, 15) is 0 Å². The van der Waals surface area contributed by atoms with Crippen LogP contribution in [-0.4, -0.2) is 56.9 Å². The molecular formula is C18H27N7. The summed E-state index contributed by atoms with van der Waals surface area (Å²) in [5, 5.41) is 4.26. The van der Waals surface area contributed by atoms with E-state index in [4.69, 9.17) is 5.73 Å². The Balaban J connectivity index is 1.53. The normalized spacial score (nSPS) is 22.7. The molecule has 0 spiro atoms. The van der Waals surface area contributed by atoms with Crippen molar-refractivity contribution in [2.24, 2.45) is 0 Å². The number of hydrogen-bond donors (Lipinski definition) is 1. The third-order valence-electron chi connectivity index (χ3n) is 5.33. The summed E-state index contributed by atoms with van der Waals surface area (Å²) in [5.74, 6) is 1.95. The van der Waals surface area contributed by atoms with Crippen LogP contribution in [0.5, 0.6) is 0 Å². The first-order valence-corrected chi connectivity index (χ1v) is 9.43. The molecule has 0 aromatic carbocycles. The molecule has 0 aliphatic carbocycles. The molecule has 7 heteroatoms. The van der Waals surface area contributed by atoms with E-state index in [1.54, 1.807) is 10.9 Å². The molecule has 0 amide bonds. The third-order valence-corrected chi connectivity index (χ3v) is 5.33. The number of nitrogens with zero attached hydrogens (tertiary/aromatic N) is 6. The van der Waals surface area contributed by atoms with Gasteiger partial charge in [-0.2, -0.15) is 15.1 Å². The molecule has 2 saturated heterocycles. The Labute approximate surface area is 148 Å². The van der Waals surface area contributed by atoms with Crippen LogP contribution in [0.15, 0.2) is 24.5 Å². The summed E-state index contributed by atoms with van der Waals surface area (Å²) in [6, 6.07) is 4.50. The summed E-state index contributed by atoms with van der Waals surface area (Å²) >= 11 is 0. The van der Waals surface area contributed by atoms with Gasteiger partial charge >= 0.3 is 0 Å². The van der Waals surface area contributed by atoms with Crippen LogP contribution in [0.1, 0.15) is 38.5 Å². The molecule has 134 valence electrons. The summed E-state index contributed by atoms with van der Waals surface area (Å²) in [7, 11) is 0. The van der Waals surface area contributed by atoms with Crippen molar-refractivity contribution < 1.29 is 0 Å². The average molecular weight is 341 g/mol. The van der Waals surface area contributed by atoms with E-state index in [-0.39, 0.29) is 0 Å². The van der Waals surface area contributed by atoms with Crippen molar-refractivity contribution in [3.05, 3.63) is 24.5 Å². The minimum Gasteiger partial charge on any atom is -0.368 e. The molecule has 4 rings (SSSR count). The van der Waals surface area contributed by atoms with Gasteiger partial charge in [-0.1, -0.05) is 12.8 Å². The second-order valence-electron chi connectivity index (χ2n) is 7.09. The number of rotatable bonds is 3. The van der Waals surface area contributed by atoms with E-state index in [2.05, 4.69) is 24.9 Å². The maximum atomic E-state index is 5.97. The molecule has 7 nitrogen and oxygen atoms in total.